The van der Waals surface area contributed by atoms with Gasteiger partial charge >= 0.3 is 12.1 Å². The molecule has 0 heterocycles. The summed E-state index contributed by atoms with van der Waals surface area (Å²) in [5.41, 5.74) is 0.929. The molecule has 0 saturated carbocycles. The first kappa shape index (κ1) is 16.0. The van der Waals surface area contributed by atoms with E-state index < -0.39 is 31.1 Å². The van der Waals surface area contributed by atoms with E-state index in [1.54, 1.807) is 6.92 Å². The molecule has 8 heteroatoms. The normalized spacial score (nSPS) is 11.2. The first-order valence-corrected chi connectivity index (χ1v) is 5.60. The van der Waals surface area contributed by atoms with Gasteiger partial charge in [0.15, 0.2) is 0 Å². The van der Waals surface area contributed by atoms with E-state index in [1.807, 2.05) is 5.32 Å². The molecule has 0 aliphatic heterocycles. The van der Waals surface area contributed by atoms with Crippen LogP contribution in [-0.2, 0) is 4.79 Å². The molecular weight excluding hydrogens is 277 g/mol. The fourth-order valence-electron chi connectivity index (χ4n) is 1.45. The number of anilines is 1. The molecule has 0 radical (unpaired) electrons. The fraction of sp³-hybridized carbons (Fsp3) is 0.333. The predicted molar refractivity (Wildman–Crippen MR) is 65.7 cm³/mol. The Kier molecular flexibility index (Phi) is 5.09. The van der Waals surface area contributed by atoms with Crippen molar-refractivity contribution < 1.29 is 27.9 Å². The number of carboxylic acids is 1. The molecule has 0 saturated heterocycles. The summed E-state index contributed by atoms with van der Waals surface area (Å²) in [6.07, 6.45) is -4.38. The van der Waals surface area contributed by atoms with Gasteiger partial charge in [-0.2, -0.15) is 13.2 Å². The maximum Gasteiger partial charge on any atom is 0.401 e. The van der Waals surface area contributed by atoms with Gasteiger partial charge in [0.1, 0.15) is 0 Å². The van der Waals surface area contributed by atoms with Crippen LogP contribution < -0.4 is 10.6 Å². The Morgan fingerprint density at radius 3 is 2.45 bits per heavy atom. The molecule has 110 valence electrons. The van der Waals surface area contributed by atoms with Gasteiger partial charge in [0.2, 0.25) is 5.91 Å². The molecule has 1 rings (SSSR count). The average Bonchev–Trinajstić information content (AvgIpc) is 2.29. The highest BCUT2D eigenvalue weighted by atomic mass is 19.4. The van der Waals surface area contributed by atoms with E-state index in [-0.39, 0.29) is 5.56 Å². The number of benzene rings is 1. The second-order valence-corrected chi connectivity index (χ2v) is 4.10. The number of hydrogen-bond acceptors (Lipinski definition) is 3. The van der Waals surface area contributed by atoms with E-state index in [4.69, 9.17) is 5.11 Å². The number of amides is 1. The Morgan fingerprint density at radius 2 is 1.95 bits per heavy atom. The summed E-state index contributed by atoms with van der Waals surface area (Å²) in [5, 5.41) is 13.1. The first-order chi connectivity index (χ1) is 9.19. The summed E-state index contributed by atoms with van der Waals surface area (Å²) in [4.78, 5) is 22.1. The van der Waals surface area contributed by atoms with Crippen LogP contribution >= 0.6 is 0 Å². The van der Waals surface area contributed by atoms with Crippen molar-refractivity contribution in [2.75, 3.05) is 18.4 Å². The number of carbonyl (C=O) groups is 2. The van der Waals surface area contributed by atoms with Crippen molar-refractivity contribution in [3.8, 4) is 0 Å². The van der Waals surface area contributed by atoms with Crippen molar-refractivity contribution in [3.05, 3.63) is 29.3 Å². The number of rotatable bonds is 5. The quantitative estimate of drug-likeness (QED) is 0.772. The summed E-state index contributed by atoms with van der Waals surface area (Å²) in [7, 11) is 0. The van der Waals surface area contributed by atoms with Crippen LogP contribution in [-0.4, -0.2) is 36.2 Å². The molecule has 1 aromatic carbocycles. The van der Waals surface area contributed by atoms with E-state index in [9.17, 15) is 22.8 Å². The molecule has 0 fully saturated rings. The zero-order valence-corrected chi connectivity index (χ0v) is 10.5. The standard InChI is InChI=1S/C12H13F3N2O3/c1-7-4-8(11(19)20)2-3-9(7)17-10(18)5-16-6-12(13,14)15/h2-4,16H,5-6H2,1H3,(H,17,18)(H,19,20). The van der Waals surface area contributed by atoms with Gasteiger partial charge in [-0.05, 0) is 30.7 Å². The SMILES string of the molecule is Cc1cc(C(=O)O)ccc1NC(=O)CNCC(F)(F)F. The third kappa shape index (κ3) is 5.27. The average molecular weight is 290 g/mol. The number of aromatic carboxylic acids is 1. The maximum atomic E-state index is 11.9. The Hall–Kier alpha value is -2.09. The Bertz CT molecular complexity index is 515. The summed E-state index contributed by atoms with van der Waals surface area (Å²) in [5.74, 6) is -1.74. The topological polar surface area (TPSA) is 78.4 Å². The van der Waals surface area contributed by atoms with Crippen molar-refractivity contribution in [2.24, 2.45) is 0 Å². The number of nitrogens with one attached hydrogen (secondary N) is 2. The van der Waals surface area contributed by atoms with Crippen molar-refractivity contribution in [3.63, 3.8) is 0 Å². The van der Waals surface area contributed by atoms with Crippen LogP contribution in [0.15, 0.2) is 18.2 Å². The monoisotopic (exact) mass is 290 g/mol. The van der Waals surface area contributed by atoms with E-state index >= 15 is 0 Å². The van der Waals surface area contributed by atoms with Crippen LogP contribution in [0, 0.1) is 6.92 Å². The second kappa shape index (κ2) is 6.38. The maximum absolute atomic E-state index is 11.9. The summed E-state index contributed by atoms with van der Waals surface area (Å²) >= 11 is 0. The molecule has 0 aliphatic rings. The van der Waals surface area contributed by atoms with Gasteiger partial charge in [0.25, 0.3) is 0 Å². The van der Waals surface area contributed by atoms with Gasteiger partial charge in [-0.3, -0.25) is 4.79 Å². The molecule has 0 spiro atoms. The zero-order valence-electron chi connectivity index (χ0n) is 10.5. The van der Waals surface area contributed by atoms with E-state index in [0.29, 0.717) is 11.3 Å². The zero-order chi connectivity index (χ0) is 15.3. The highest BCUT2D eigenvalue weighted by Gasteiger charge is 2.26. The third-order valence-electron chi connectivity index (χ3n) is 2.36. The van der Waals surface area contributed by atoms with Crippen LogP contribution in [0.1, 0.15) is 15.9 Å². The predicted octanol–water partition coefficient (Wildman–Crippen LogP) is 1.78. The van der Waals surface area contributed by atoms with E-state index in [0.717, 1.165) is 0 Å². The first-order valence-electron chi connectivity index (χ1n) is 5.60. The highest BCUT2D eigenvalue weighted by Crippen LogP contribution is 2.16. The molecule has 5 nitrogen and oxygen atoms in total. The smallest absolute Gasteiger partial charge is 0.401 e. The van der Waals surface area contributed by atoms with Crippen molar-refractivity contribution >= 4 is 17.6 Å². The van der Waals surface area contributed by atoms with Crippen molar-refractivity contribution in [1.29, 1.82) is 0 Å². The molecule has 1 aromatic rings. The van der Waals surface area contributed by atoms with Crippen molar-refractivity contribution in [1.82, 2.24) is 5.32 Å². The Morgan fingerprint density at radius 1 is 1.30 bits per heavy atom. The molecule has 0 aliphatic carbocycles. The largest absolute Gasteiger partial charge is 0.478 e. The summed E-state index contributed by atoms with van der Waals surface area (Å²) < 4.78 is 35.6. The van der Waals surface area contributed by atoms with Crippen LogP contribution in [0.4, 0.5) is 18.9 Å². The van der Waals surface area contributed by atoms with Gasteiger partial charge in [-0.15, -0.1) is 0 Å². The van der Waals surface area contributed by atoms with Gasteiger partial charge in [-0.25, -0.2) is 4.79 Å². The lowest BCUT2D eigenvalue weighted by molar-refractivity contribution is -0.127. The molecule has 0 atom stereocenters. The van der Waals surface area contributed by atoms with Crippen LogP contribution in [0.3, 0.4) is 0 Å². The van der Waals surface area contributed by atoms with Gasteiger partial charge in [0.05, 0.1) is 18.7 Å². The molecule has 0 aromatic heterocycles. The van der Waals surface area contributed by atoms with E-state index in [2.05, 4.69) is 5.32 Å². The Balaban J connectivity index is 2.56. The molecule has 0 unspecified atom stereocenters. The van der Waals surface area contributed by atoms with Crippen LogP contribution in [0.5, 0.6) is 0 Å². The minimum Gasteiger partial charge on any atom is -0.478 e. The summed E-state index contributed by atoms with van der Waals surface area (Å²) in [6, 6.07) is 4.05. The molecule has 20 heavy (non-hydrogen) atoms. The molecular formula is C12H13F3N2O3. The van der Waals surface area contributed by atoms with Gasteiger partial charge in [-0.1, -0.05) is 0 Å². The highest BCUT2D eigenvalue weighted by molar-refractivity contribution is 5.94. The lowest BCUT2D eigenvalue weighted by atomic mass is 10.1. The lowest BCUT2D eigenvalue weighted by Crippen LogP contribution is -2.35. The minimum atomic E-state index is -4.38. The number of carboxylic acid groups (broad SMARTS) is 1. The third-order valence-corrected chi connectivity index (χ3v) is 2.36. The fourth-order valence-corrected chi connectivity index (χ4v) is 1.45. The van der Waals surface area contributed by atoms with Gasteiger partial charge < -0.3 is 15.7 Å². The van der Waals surface area contributed by atoms with Crippen molar-refractivity contribution in [2.45, 2.75) is 13.1 Å². The number of hydrogen-bond donors (Lipinski definition) is 3. The number of alkyl halides is 3. The number of aryl methyl sites for hydroxylation is 1. The number of halogens is 3. The number of carbonyl (C=O) groups excluding carboxylic acids is 1. The summed E-state index contributed by atoms with van der Waals surface area (Å²) in [6.45, 7) is -0.151. The Labute approximate surface area is 112 Å². The molecule has 1 amide bonds. The van der Waals surface area contributed by atoms with E-state index in [1.165, 1.54) is 18.2 Å². The molecule has 3 N–H and O–H groups in total. The van der Waals surface area contributed by atoms with Gasteiger partial charge in [0, 0.05) is 5.69 Å². The second-order valence-electron chi connectivity index (χ2n) is 4.10. The lowest BCUT2D eigenvalue weighted by Gasteiger charge is -2.11. The van der Waals surface area contributed by atoms with Crippen LogP contribution in [0.2, 0.25) is 0 Å². The van der Waals surface area contributed by atoms with Crippen LogP contribution in [0.25, 0.3) is 0 Å². The molecule has 0 bridgehead atoms. The minimum absolute atomic E-state index is 0.0655.